The van der Waals surface area contributed by atoms with Crippen LogP contribution in [0.2, 0.25) is 0 Å². The zero-order valence-electron chi connectivity index (χ0n) is 11.1. The van der Waals surface area contributed by atoms with Crippen molar-refractivity contribution in [2.45, 2.75) is 32.6 Å². The fraction of sp³-hybridized carbons (Fsp3) is 0.600. The molecule has 1 aliphatic carbocycles. The first-order chi connectivity index (χ1) is 8.65. The predicted octanol–water partition coefficient (Wildman–Crippen LogP) is 3.02. The van der Waals surface area contributed by atoms with Crippen LogP contribution in [0.4, 0.5) is 0 Å². The molecule has 3 heteroatoms. The van der Waals surface area contributed by atoms with Gasteiger partial charge < -0.3 is 11.1 Å². The summed E-state index contributed by atoms with van der Waals surface area (Å²) in [5.41, 5.74) is 9.06. The van der Waals surface area contributed by atoms with Crippen LogP contribution in [-0.4, -0.2) is 19.6 Å². The van der Waals surface area contributed by atoms with E-state index in [1.54, 1.807) is 0 Å². The number of hydrogen-bond donors (Lipinski definition) is 2. The van der Waals surface area contributed by atoms with Gasteiger partial charge in [-0.15, -0.1) is 0 Å². The summed E-state index contributed by atoms with van der Waals surface area (Å²) in [7, 11) is 0. The van der Waals surface area contributed by atoms with E-state index in [9.17, 15) is 0 Å². The van der Waals surface area contributed by atoms with Gasteiger partial charge in [-0.2, -0.15) is 0 Å². The molecule has 0 aliphatic heterocycles. The van der Waals surface area contributed by atoms with Gasteiger partial charge >= 0.3 is 0 Å². The number of hydrogen-bond acceptors (Lipinski definition) is 2. The van der Waals surface area contributed by atoms with Crippen LogP contribution in [0.25, 0.3) is 0 Å². The number of nitrogens with two attached hydrogens (primary N) is 1. The van der Waals surface area contributed by atoms with Crippen LogP contribution in [0.1, 0.15) is 30.4 Å². The average molecular weight is 311 g/mol. The molecule has 18 heavy (non-hydrogen) atoms. The van der Waals surface area contributed by atoms with E-state index in [-0.39, 0.29) is 0 Å². The molecule has 1 aromatic rings. The van der Waals surface area contributed by atoms with Crippen molar-refractivity contribution in [3.63, 3.8) is 0 Å². The van der Waals surface area contributed by atoms with Crippen molar-refractivity contribution < 1.29 is 0 Å². The van der Waals surface area contributed by atoms with Crippen LogP contribution in [0, 0.1) is 12.3 Å². The van der Waals surface area contributed by atoms with Gasteiger partial charge in [-0.1, -0.05) is 28.4 Å². The van der Waals surface area contributed by atoms with Gasteiger partial charge in [0, 0.05) is 11.0 Å². The highest BCUT2D eigenvalue weighted by Crippen LogP contribution is 2.39. The third-order valence-corrected chi connectivity index (χ3v) is 4.72. The molecule has 2 rings (SSSR count). The number of benzene rings is 1. The van der Waals surface area contributed by atoms with E-state index in [0.29, 0.717) is 5.41 Å². The molecule has 0 radical (unpaired) electrons. The van der Waals surface area contributed by atoms with Crippen molar-refractivity contribution in [1.82, 2.24) is 5.32 Å². The lowest BCUT2D eigenvalue weighted by Crippen LogP contribution is -2.45. The van der Waals surface area contributed by atoms with E-state index in [1.165, 1.54) is 34.9 Å². The standard InChI is InChI=1S/C15H23BrN2/c1-12-3-4-14(16)9-13(12)5-8-18-11-15(10-17)6-2-7-15/h3-4,9,18H,2,5-8,10-11,17H2,1H3. The van der Waals surface area contributed by atoms with Gasteiger partial charge in [-0.25, -0.2) is 0 Å². The van der Waals surface area contributed by atoms with E-state index in [4.69, 9.17) is 5.73 Å². The topological polar surface area (TPSA) is 38.0 Å². The quantitative estimate of drug-likeness (QED) is 0.793. The zero-order valence-corrected chi connectivity index (χ0v) is 12.7. The van der Waals surface area contributed by atoms with Crippen LogP contribution < -0.4 is 11.1 Å². The third-order valence-electron chi connectivity index (χ3n) is 4.23. The van der Waals surface area contributed by atoms with Gasteiger partial charge in [-0.3, -0.25) is 0 Å². The molecule has 0 unspecified atom stereocenters. The second-order valence-corrected chi connectivity index (χ2v) is 6.47. The Kier molecular flexibility index (Phi) is 4.82. The van der Waals surface area contributed by atoms with E-state index >= 15 is 0 Å². The zero-order chi connectivity index (χ0) is 13.0. The summed E-state index contributed by atoms with van der Waals surface area (Å²) < 4.78 is 1.17. The SMILES string of the molecule is Cc1ccc(Br)cc1CCNCC1(CN)CCC1. The lowest BCUT2D eigenvalue weighted by atomic mass is 9.69. The van der Waals surface area contributed by atoms with Crippen LogP contribution in [0.3, 0.4) is 0 Å². The molecule has 0 bridgehead atoms. The molecule has 1 fully saturated rings. The van der Waals surface area contributed by atoms with E-state index in [2.05, 4.69) is 46.4 Å². The Bertz CT molecular complexity index is 394. The second kappa shape index (κ2) is 6.18. The molecule has 0 spiro atoms. The van der Waals surface area contributed by atoms with E-state index < -0.39 is 0 Å². The summed E-state index contributed by atoms with van der Waals surface area (Å²) in [6.07, 6.45) is 5.04. The summed E-state index contributed by atoms with van der Waals surface area (Å²) in [5, 5.41) is 3.58. The first-order valence-corrected chi connectivity index (χ1v) is 7.60. The molecule has 1 saturated carbocycles. The molecule has 0 saturated heterocycles. The molecule has 0 amide bonds. The Morgan fingerprint density at radius 3 is 2.78 bits per heavy atom. The van der Waals surface area contributed by atoms with E-state index in [0.717, 1.165) is 26.1 Å². The van der Waals surface area contributed by atoms with Crippen molar-refractivity contribution in [2.24, 2.45) is 11.1 Å². The Morgan fingerprint density at radius 1 is 1.39 bits per heavy atom. The average Bonchev–Trinajstić information content (AvgIpc) is 2.31. The maximum absolute atomic E-state index is 5.86. The Hall–Kier alpha value is -0.380. The molecule has 1 aliphatic rings. The highest BCUT2D eigenvalue weighted by molar-refractivity contribution is 9.10. The summed E-state index contributed by atoms with van der Waals surface area (Å²) in [6.45, 7) is 5.13. The largest absolute Gasteiger partial charge is 0.330 e. The lowest BCUT2D eigenvalue weighted by molar-refractivity contribution is 0.141. The van der Waals surface area contributed by atoms with Gasteiger partial charge in [0.2, 0.25) is 0 Å². The monoisotopic (exact) mass is 310 g/mol. The molecule has 3 N–H and O–H groups in total. The van der Waals surface area contributed by atoms with Crippen LogP contribution >= 0.6 is 15.9 Å². The fourth-order valence-electron chi connectivity index (χ4n) is 2.62. The van der Waals surface area contributed by atoms with Crippen LogP contribution in [0.15, 0.2) is 22.7 Å². The van der Waals surface area contributed by atoms with E-state index in [1.807, 2.05) is 0 Å². The maximum atomic E-state index is 5.86. The van der Waals surface area contributed by atoms with Gasteiger partial charge in [0.05, 0.1) is 0 Å². The molecule has 0 aromatic heterocycles. The molecule has 0 heterocycles. The Morgan fingerprint density at radius 2 is 2.17 bits per heavy atom. The molecule has 2 nitrogen and oxygen atoms in total. The summed E-state index contributed by atoms with van der Waals surface area (Å²) in [6, 6.07) is 6.50. The Balaban J connectivity index is 1.76. The Labute approximate surface area is 118 Å². The van der Waals surface area contributed by atoms with Crippen molar-refractivity contribution in [3.05, 3.63) is 33.8 Å². The number of aryl methyl sites for hydroxylation is 1. The summed E-state index contributed by atoms with van der Waals surface area (Å²) in [4.78, 5) is 0. The fourth-order valence-corrected chi connectivity index (χ4v) is 3.02. The normalized spacial score (nSPS) is 17.5. The van der Waals surface area contributed by atoms with Gasteiger partial charge in [0.25, 0.3) is 0 Å². The minimum atomic E-state index is 0.409. The molecular formula is C15H23BrN2. The van der Waals surface area contributed by atoms with Gasteiger partial charge in [0.15, 0.2) is 0 Å². The van der Waals surface area contributed by atoms with Crippen LogP contribution in [0.5, 0.6) is 0 Å². The van der Waals surface area contributed by atoms with Crippen molar-refractivity contribution >= 4 is 15.9 Å². The molecular weight excluding hydrogens is 288 g/mol. The highest BCUT2D eigenvalue weighted by atomic mass is 79.9. The summed E-state index contributed by atoms with van der Waals surface area (Å²) in [5.74, 6) is 0. The third kappa shape index (κ3) is 3.34. The smallest absolute Gasteiger partial charge is 0.0178 e. The maximum Gasteiger partial charge on any atom is 0.0178 e. The number of halogens is 1. The predicted molar refractivity (Wildman–Crippen MR) is 80.8 cm³/mol. The van der Waals surface area contributed by atoms with Crippen molar-refractivity contribution in [3.8, 4) is 0 Å². The lowest BCUT2D eigenvalue weighted by Gasteiger charge is -2.41. The molecule has 1 aromatic carbocycles. The van der Waals surface area contributed by atoms with Crippen molar-refractivity contribution in [2.75, 3.05) is 19.6 Å². The minimum absolute atomic E-state index is 0.409. The molecule has 0 atom stereocenters. The van der Waals surface area contributed by atoms with Gasteiger partial charge in [-0.05, 0) is 68.0 Å². The number of rotatable bonds is 6. The second-order valence-electron chi connectivity index (χ2n) is 5.56. The van der Waals surface area contributed by atoms with Gasteiger partial charge in [0.1, 0.15) is 0 Å². The first kappa shape index (κ1) is 14.0. The summed E-state index contributed by atoms with van der Waals surface area (Å²) >= 11 is 3.53. The minimum Gasteiger partial charge on any atom is -0.330 e. The highest BCUT2D eigenvalue weighted by Gasteiger charge is 2.34. The van der Waals surface area contributed by atoms with Crippen LogP contribution in [-0.2, 0) is 6.42 Å². The number of nitrogens with one attached hydrogen (secondary N) is 1. The first-order valence-electron chi connectivity index (χ1n) is 6.81. The van der Waals surface area contributed by atoms with Crippen molar-refractivity contribution in [1.29, 1.82) is 0 Å². The molecule has 100 valence electrons.